The number of benzene rings is 1. The number of aliphatic imine (C=N–C) groups is 1. The van der Waals surface area contributed by atoms with E-state index in [1.807, 2.05) is 7.05 Å². The molecule has 1 aromatic rings. The quantitative estimate of drug-likeness (QED) is 0.270. The normalized spacial score (nSPS) is 23.6. The molecule has 1 N–H and O–H groups in total. The van der Waals surface area contributed by atoms with Gasteiger partial charge in [-0.1, -0.05) is 28.1 Å². The molecule has 2 heterocycles. The highest BCUT2D eigenvalue weighted by molar-refractivity contribution is 14.0. The molecule has 2 aliphatic heterocycles. The lowest BCUT2D eigenvalue weighted by Gasteiger charge is -2.37. The molecule has 5 nitrogen and oxygen atoms in total. The largest absolute Gasteiger partial charge is 0.375 e. The summed E-state index contributed by atoms with van der Waals surface area (Å²) in [6.07, 6.45) is 4.80. The zero-order chi connectivity index (χ0) is 17.5. The SMILES string of the molecule is CN=C(NCCCc1cccc(Br)c1)N1CCOC(C2CCCO2)C1.I. The number of morpholine rings is 1. The van der Waals surface area contributed by atoms with Crippen molar-refractivity contribution in [3.05, 3.63) is 34.3 Å². The van der Waals surface area contributed by atoms with Crippen LogP contribution in [0.3, 0.4) is 0 Å². The van der Waals surface area contributed by atoms with Crippen molar-refractivity contribution in [2.45, 2.75) is 37.9 Å². The molecule has 0 aliphatic carbocycles. The predicted molar refractivity (Wildman–Crippen MR) is 120 cm³/mol. The Kier molecular flexibility index (Phi) is 9.66. The number of rotatable bonds is 5. The van der Waals surface area contributed by atoms with E-state index in [2.05, 4.69) is 55.4 Å². The molecule has 2 fully saturated rings. The summed E-state index contributed by atoms with van der Waals surface area (Å²) < 4.78 is 12.9. The lowest BCUT2D eigenvalue weighted by Crippen LogP contribution is -2.53. The minimum Gasteiger partial charge on any atom is -0.375 e. The van der Waals surface area contributed by atoms with Gasteiger partial charge in [0.1, 0.15) is 6.10 Å². The standard InChI is InChI=1S/C19H28BrN3O2.HI/c1-21-19(22-9-3-6-15-5-2-7-16(20)13-15)23-10-12-25-18(14-23)17-8-4-11-24-17;/h2,5,7,13,17-18H,3-4,6,8-12,14H2,1H3,(H,21,22);1H. The summed E-state index contributed by atoms with van der Waals surface area (Å²) in [5, 5.41) is 3.50. The fraction of sp³-hybridized carbons (Fsp3) is 0.632. The van der Waals surface area contributed by atoms with E-state index >= 15 is 0 Å². The second kappa shape index (κ2) is 11.5. The van der Waals surface area contributed by atoms with Gasteiger partial charge in [-0.05, 0) is 43.4 Å². The smallest absolute Gasteiger partial charge is 0.193 e. The molecular formula is C19H29BrIN3O2. The Bertz CT molecular complexity index is 582. The van der Waals surface area contributed by atoms with E-state index in [-0.39, 0.29) is 36.2 Å². The van der Waals surface area contributed by atoms with Crippen molar-refractivity contribution in [3.63, 3.8) is 0 Å². The minimum absolute atomic E-state index is 0. The van der Waals surface area contributed by atoms with Crippen LogP contribution < -0.4 is 5.32 Å². The van der Waals surface area contributed by atoms with Crippen molar-refractivity contribution in [2.75, 3.05) is 39.9 Å². The number of ether oxygens (including phenoxy) is 2. The highest BCUT2D eigenvalue weighted by Gasteiger charge is 2.32. The van der Waals surface area contributed by atoms with Crippen molar-refractivity contribution in [1.82, 2.24) is 10.2 Å². The third-order valence-corrected chi connectivity index (χ3v) is 5.29. The minimum atomic E-state index is 0. The Balaban J connectivity index is 0.00000243. The number of guanidine groups is 1. The summed E-state index contributed by atoms with van der Waals surface area (Å²) in [5.41, 5.74) is 1.36. The van der Waals surface area contributed by atoms with E-state index in [4.69, 9.17) is 9.47 Å². The van der Waals surface area contributed by atoms with Gasteiger partial charge in [0.2, 0.25) is 0 Å². The number of hydrogen-bond acceptors (Lipinski definition) is 3. The van der Waals surface area contributed by atoms with Crippen LogP contribution in [0.25, 0.3) is 0 Å². The van der Waals surface area contributed by atoms with Crippen molar-refractivity contribution in [1.29, 1.82) is 0 Å². The molecule has 2 unspecified atom stereocenters. The van der Waals surface area contributed by atoms with Gasteiger partial charge in [-0.3, -0.25) is 4.99 Å². The molecule has 0 bridgehead atoms. The molecule has 2 atom stereocenters. The maximum Gasteiger partial charge on any atom is 0.193 e. The summed E-state index contributed by atoms with van der Waals surface area (Å²) in [4.78, 5) is 6.76. The zero-order valence-electron chi connectivity index (χ0n) is 15.3. The van der Waals surface area contributed by atoms with Crippen LogP contribution in [0, 0.1) is 0 Å². The van der Waals surface area contributed by atoms with Gasteiger partial charge in [0.25, 0.3) is 0 Å². The van der Waals surface area contributed by atoms with E-state index in [1.54, 1.807) is 0 Å². The summed E-state index contributed by atoms with van der Waals surface area (Å²) in [5.74, 6) is 0.973. The summed E-state index contributed by atoms with van der Waals surface area (Å²) >= 11 is 3.53. The van der Waals surface area contributed by atoms with Gasteiger partial charge in [-0.15, -0.1) is 24.0 Å². The van der Waals surface area contributed by atoms with E-state index < -0.39 is 0 Å². The van der Waals surface area contributed by atoms with Crippen molar-refractivity contribution in [3.8, 4) is 0 Å². The van der Waals surface area contributed by atoms with E-state index in [0.717, 1.165) is 69.0 Å². The molecule has 2 saturated heterocycles. The highest BCUT2D eigenvalue weighted by atomic mass is 127. The maximum absolute atomic E-state index is 5.93. The molecule has 0 aromatic heterocycles. The lowest BCUT2D eigenvalue weighted by molar-refractivity contribution is -0.0816. The fourth-order valence-electron chi connectivity index (χ4n) is 3.51. The number of hydrogen-bond donors (Lipinski definition) is 1. The molecule has 2 aliphatic rings. The van der Waals surface area contributed by atoms with Gasteiger partial charge in [0, 0.05) is 37.8 Å². The molecule has 0 saturated carbocycles. The predicted octanol–water partition coefficient (Wildman–Crippen LogP) is 3.45. The monoisotopic (exact) mass is 537 g/mol. The van der Waals surface area contributed by atoms with Crippen LogP contribution in [-0.4, -0.2) is 63.0 Å². The first-order valence-electron chi connectivity index (χ1n) is 9.19. The molecular weight excluding hydrogens is 509 g/mol. The molecule has 0 spiro atoms. The number of halogens is 2. The van der Waals surface area contributed by atoms with Gasteiger partial charge < -0.3 is 19.7 Å². The van der Waals surface area contributed by atoms with Gasteiger partial charge in [0.05, 0.1) is 12.7 Å². The Hall–Kier alpha value is -0.380. The van der Waals surface area contributed by atoms with E-state index in [1.165, 1.54) is 5.56 Å². The molecule has 26 heavy (non-hydrogen) atoms. The van der Waals surface area contributed by atoms with Crippen LogP contribution in [0.1, 0.15) is 24.8 Å². The molecule has 0 amide bonds. The first kappa shape index (κ1) is 21.9. The fourth-order valence-corrected chi connectivity index (χ4v) is 3.95. The molecule has 146 valence electrons. The number of nitrogens with zero attached hydrogens (tertiary/aromatic N) is 2. The third-order valence-electron chi connectivity index (χ3n) is 4.80. The molecule has 1 aromatic carbocycles. The Morgan fingerprint density at radius 2 is 2.15 bits per heavy atom. The third kappa shape index (κ3) is 6.35. The average Bonchev–Trinajstić information content (AvgIpc) is 3.17. The van der Waals surface area contributed by atoms with Crippen LogP contribution >= 0.6 is 39.9 Å². The second-order valence-corrected chi connectivity index (χ2v) is 7.53. The summed E-state index contributed by atoms with van der Waals surface area (Å²) in [7, 11) is 1.85. The van der Waals surface area contributed by atoms with Crippen LogP contribution in [0.4, 0.5) is 0 Å². The van der Waals surface area contributed by atoms with Crippen LogP contribution in [-0.2, 0) is 15.9 Å². The second-order valence-electron chi connectivity index (χ2n) is 6.61. The first-order chi connectivity index (χ1) is 12.3. The van der Waals surface area contributed by atoms with Crippen LogP contribution in [0.15, 0.2) is 33.7 Å². The van der Waals surface area contributed by atoms with E-state index in [9.17, 15) is 0 Å². The molecule has 0 radical (unpaired) electrons. The van der Waals surface area contributed by atoms with Crippen molar-refractivity contribution < 1.29 is 9.47 Å². The van der Waals surface area contributed by atoms with Gasteiger partial charge >= 0.3 is 0 Å². The summed E-state index contributed by atoms with van der Waals surface area (Å²) in [6.45, 7) is 4.27. The highest BCUT2D eigenvalue weighted by Crippen LogP contribution is 2.21. The van der Waals surface area contributed by atoms with Crippen molar-refractivity contribution >= 4 is 45.9 Å². The van der Waals surface area contributed by atoms with Gasteiger partial charge in [-0.2, -0.15) is 0 Å². The van der Waals surface area contributed by atoms with E-state index in [0.29, 0.717) is 0 Å². The van der Waals surface area contributed by atoms with Gasteiger partial charge in [-0.25, -0.2) is 0 Å². The Morgan fingerprint density at radius 1 is 1.31 bits per heavy atom. The number of nitrogens with one attached hydrogen (secondary N) is 1. The maximum atomic E-state index is 5.93. The Labute approximate surface area is 182 Å². The lowest BCUT2D eigenvalue weighted by atomic mass is 10.1. The van der Waals surface area contributed by atoms with Gasteiger partial charge in [0.15, 0.2) is 5.96 Å². The molecule has 3 rings (SSSR count). The van der Waals surface area contributed by atoms with Crippen LogP contribution in [0.5, 0.6) is 0 Å². The zero-order valence-corrected chi connectivity index (χ0v) is 19.2. The number of aryl methyl sites for hydroxylation is 1. The van der Waals surface area contributed by atoms with Crippen LogP contribution in [0.2, 0.25) is 0 Å². The van der Waals surface area contributed by atoms with Crippen molar-refractivity contribution in [2.24, 2.45) is 4.99 Å². The average molecular weight is 538 g/mol. The topological polar surface area (TPSA) is 46.1 Å². The Morgan fingerprint density at radius 3 is 2.88 bits per heavy atom. The first-order valence-corrected chi connectivity index (χ1v) is 9.99. The summed E-state index contributed by atoms with van der Waals surface area (Å²) in [6, 6.07) is 8.51. The molecule has 7 heteroatoms.